The van der Waals surface area contributed by atoms with Crippen LogP contribution in [0.3, 0.4) is 0 Å². The third-order valence-electron chi connectivity index (χ3n) is 5.23. The maximum absolute atomic E-state index is 13.1. The molecule has 3 aromatic carbocycles. The van der Waals surface area contributed by atoms with Crippen molar-refractivity contribution in [2.45, 2.75) is 0 Å². The molecule has 0 radical (unpaired) electrons. The average Bonchev–Trinajstić information content (AvgIpc) is 2.88. The number of rotatable bonds is 7. The highest BCUT2D eigenvalue weighted by Gasteiger charge is 2.36. The Morgan fingerprint density at radius 1 is 1.05 bits per heavy atom. The molecule has 9 nitrogen and oxygen atoms in total. The Balaban J connectivity index is 1.54. The largest absolute Gasteiger partial charge is 0.493 e. The number of amides is 5. The van der Waals surface area contributed by atoms with Gasteiger partial charge in [0.05, 0.1) is 26.4 Å². The molecule has 0 aliphatic carbocycles. The number of urea groups is 1. The fourth-order valence-electron chi connectivity index (χ4n) is 3.51. The molecule has 1 saturated heterocycles. The normalized spacial score (nSPS) is 14.4. The summed E-state index contributed by atoms with van der Waals surface area (Å²) in [7, 11) is 1.42. The third kappa shape index (κ3) is 6.09. The first-order valence-corrected chi connectivity index (χ1v) is 12.7. The molecule has 3 aromatic rings. The molecule has 0 atom stereocenters. The van der Waals surface area contributed by atoms with Gasteiger partial charge in [0.2, 0.25) is 0 Å². The van der Waals surface area contributed by atoms with Crippen LogP contribution >= 0.6 is 45.8 Å². The number of hydrogen-bond acceptors (Lipinski definition) is 6. The van der Waals surface area contributed by atoms with Gasteiger partial charge in [0, 0.05) is 5.69 Å². The van der Waals surface area contributed by atoms with Crippen LogP contribution in [-0.2, 0) is 14.4 Å². The third-order valence-corrected chi connectivity index (χ3v) is 6.77. The molecule has 4 rings (SSSR count). The van der Waals surface area contributed by atoms with E-state index in [0.29, 0.717) is 36.3 Å². The number of benzene rings is 3. The van der Waals surface area contributed by atoms with Crippen molar-refractivity contribution in [1.29, 1.82) is 0 Å². The van der Waals surface area contributed by atoms with E-state index in [4.69, 9.17) is 32.7 Å². The van der Waals surface area contributed by atoms with Crippen LogP contribution < -0.4 is 25.0 Å². The molecule has 5 amide bonds. The van der Waals surface area contributed by atoms with Crippen LogP contribution in [0.2, 0.25) is 10.0 Å². The standard InChI is InChI=1S/C26H18Cl2IN3O6/c1-37-21-11-14(9-17-24(34)31-26(36)32(25(17)35)16-5-3-2-4-6-16)10-20(29)23(21)38-13-22(33)30-15-7-8-18(27)19(28)12-15/h2-12H,13H2,1H3,(H,30,33)(H,31,34,36)/b17-9-. The lowest BCUT2D eigenvalue weighted by Gasteiger charge is -2.26. The lowest BCUT2D eigenvalue weighted by Crippen LogP contribution is -2.54. The van der Waals surface area contributed by atoms with Crippen molar-refractivity contribution < 1.29 is 28.7 Å². The number of nitrogens with one attached hydrogen (secondary N) is 2. The van der Waals surface area contributed by atoms with Crippen LogP contribution in [-0.4, -0.2) is 37.5 Å². The summed E-state index contributed by atoms with van der Waals surface area (Å²) in [5, 5.41) is 5.51. The number of halogens is 3. The molecule has 0 aromatic heterocycles. The minimum absolute atomic E-state index is 0.235. The van der Waals surface area contributed by atoms with Crippen LogP contribution in [0.15, 0.2) is 66.2 Å². The Morgan fingerprint density at radius 3 is 2.47 bits per heavy atom. The summed E-state index contributed by atoms with van der Waals surface area (Å²) in [6, 6.07) is 15.3. The molecule has 1 heterocycles. The van der Waals surface area contributed by atoms with Gasteiger partial charge in [-0.25, -0.2) is 9.69 Å². The minimum Gasteiger partial charge on any atom is -0.493 e. The van der Waals surface area contributed by atoms with Crippen molar-refractivity contribution in [3.63, 3.8) is 0 Å². The molecule has 1 fully saturated rings. The van der Waals surface area contributed by atoms with Gasteiger partial charge in [-0.15, -0.1) is 0 Å². The van der Waals surface area contributed by atoms with Gasteiger partial charge in [0.15, 0.2) is 18.1 Å². The molecule has 0 bridgehead atoms. The fraction of sp³-hybridized carbons (Fsp3) is 0.0769. The zero-order valence-electron chi connectivity index (χ0n) is 19.6. The van der Waals surface area contributed by atoms with E-state index in [1.807, 2.05) is 22.6 Å². The second kappa shape index (κ2) is 11.8. The SMILES string of the molecule is COc1cc(/C=C2/C(=O)NC(=O)N(c3ccccc3)C2=O)cc(I)c1OCC(=O)Nc1ccc(Cl)c(Cl)c1. The number of carbonyl (C=O) groups excluding carboxylic acids is 4. The number of anilines is 2. The van der Waals surface area contributed by atoms with E-state index in [1.165, 1.54) is 19.3 Å². The summed E-state index contributed by atoms with van der Waals surface area (Å²) < 4.78 is 11.7. The average molecular weight is 666 g/mol. The van der Waals surface area contributed by atoms with E-state index >= 15 is 0 Å². The van der Waals surface area contributed by atoms with Gasteiger partial charge in [0.25, 0.3) is 17.7 Å². The Hall–Kier alpha value is -3.61. The molecule has 194 valence electrons. The number of methoxy groups -OCH3 is 1. The first-order chi connectivity index (χ1) is 18.2. The Labute approximate surface area is 240 Å². The van der Waals surface area contributed by atoms with Gasteiger partial charge in [-0.1, -0.05) is 41.4 Å². The van der Waals surface area contributed by atoms with Crippen LogP contribution in [0.25, 0.3) is 6.08 Å². The van der Waals surface area contributed by atoms with Crippen molar-refractivity contribution in [3.8, 4) is 11.5 Å². The zero-order valence-corrected chi connectivity index (χ0v) is 23.3. The second-order valence-corrected chi connectivity index (χ2v) is 9.77. The van der Waals surface area contributed by atoms with Crippen molar-refractivity contribution >= 4 is 87.0 Å². The highest BCUT2D eigenvalue weighted by molar-refractivity contribution is 14.1. The lowest BCUT2D eigenvalue weighted by atomic mass is 10.1. The van der Waals surface area contributed by atoms with E-state index in [2.05, 4.69) is 10.6 Å². The number of imide groups is 2. The predicted octanol–water partition coefficient (Wildman–Crippen LogP) is 5.29. The minimum atomic E-state index is -0.835. The lowest BCUT2D eigenvalue weighted by molar-refractivity contribution is -0.122. The number of nitrogens with zero attached hydrogens (tertiary/aromatic N) is 1. The monoisotopic (exact) mass is 665 g/mol. The van der Waals surface area contributed by atoms with Gasteiger partial charge in [-0.2, -0.15) is 0 Å². The summed E-state index contributed by atoms with van der Waals surface area (Å²) in [5.74, 6) is -1.47. The summed E-state index contributed by atoms with van der Waals surface area (Å²) in [6.07, 6.45) is 1.35. The van der Waals surface area contributed by atoms with Crippen molar-refractivity contribution in [1.82, 2.24) is 5.32 Å². The molecule has 0 spiro atoms. The Morgan fingerprint density at radius 2 is 1.79 bits per heavy atom. The first-order valence-electron chi connectivity index (χ1n) is 10.9. The van der Waals surface area contributed by atoms with Crippen molar-refractivity contribution in [3.05, 3.63) is 85.4 Å². The van der Waals surface area contributed by atoms with E-state index < -0.39 is 23.8 Å². The van der Waals surface area contributed by atoms with E-state index in [1.54, 1.807) is 54.6 Å². The van der Waals surface area contributed by atoms with Crippen LogP contribution in [0.4, 0.5) is 16.2 Å². The highest BCUT2D eigenvalue weighted by atomic mass is 127. The molecule has 1 aliphatic rings. The van der Waals surface area contributed by atoms with E-state index in [9.17, 15) is 19.2 Å². The molecule has 38 heavy (non-hydrogen) atoms. The topological polar surface area (TPSA) is 114 Å². The number of carbonyl (C=O) groups is 4. The summed E-state index contributed by atoms with van der Waals surface area (Å²) in [6.45, 7) is -0.331. The van der Waals surface area contributed by atoms with Crippen molar-refractivity contribution in [2.24, 2.45) is 0 Å². The van der Waals surface area contributed by atoms with Gasteiger partial charge in [-0.05, 0) is 76.7 Å². The van der Waals surface area contributed by atoms with Crippen molar-refractivity contribution in [2.75, 3.05) is 23.9 Å². The maximum atomic E-state index is 13.1. The summed E-state index contributed by atoms with van der Waals surface area (Å²) in [5.41, 5.74) is 0.985. The Kier molecular flexibility index (Phi) is 8.55. The summed E-state index contributed by atoms with van der Waals surface area (Å²) >= 11 is 13.9. The van der Waals surface area contributed by atoms with Crippen LogP contribution in [0, 0.1) is 3.57 Å². The van der Waals surface area contributed by atoms with Gasteiger partial charge in [0.1, 0.15) is 5.57 Å². The molecular weight excluding hydrogens is 648 g/mol. The smallest absolute Gasteiger partial charge is 0.335 e. The number of hydrogen-bond donors (Lipinski definition) is 2. The van der Waals surface area contributed by atoms with E-state index in [0.717, 1.165) is 4.90 Å². The quantitative estimate of drug-likeness (QED) is 0.201. The molecule has 2 N–H and O–H groups in total. The Bertz CT molecular complexity index is 1480. The number of barbiturate groups is 1. The molecule has 0 unspecified atom stereocenters. The molecule has 1 aliphatic heterocycles. The number of para-hydroxylation sites is 1. The molecule has 12 heteroatoms. The fourth-order valence-corrected chi connectivity index (χ4v) is 4.59. The number of ether oxygens (including phenoxy) is 2. The zero-order chi connectivity index (χ0) is 27.4. The van der Waals surface area contributed by atoms with Gasteiger partial charge >= 0.3 is 6.03 Å². The molecular formula is C26H18Cl2IN3O6. The van der Waals surface area contributed by atoms with E-state index in [-0.39, 0.29) is 17.9 Å². The first kappa shape index (κ1) is 27.4. The van der Waals surface area contributed by atoms with Gasteiger partial charge in [-0.3, -0.25) is 19.7 Å². The predicted molar refractivity (Wildman–Crippen MR) is 152 cm³/mol. The summed E-state index contributed by atoms with van der Waals surface area (Å²) in [4.78, 5) is 51.2. The highest BCUT2D eigenvalue weighted by Crippen LogP contribution is 2.35. The van der Waals surface area contributed by atoms with Gasteiger partial charge < -0.3 is 14.8 Å². The molecule has 0 saturated carbocycles. The second-order valence-electron chi connectivity index (χ2n) is 7.79. The van der Waals surface area contributed by atoms with Crippen LogP contribution in [0.1, 0.15) is 5.56 Å². The maximum Gasteiger partial charge on any atom is 0.335 e. The van der Waals surface area contributed by atoms with Crippen LogP contribution in [0.5, 0.6) is 11.5 Å².